The number of anilines is 1. The molecule has 0 saturated heterocycles. The monoisotopic (exact) mass is 609 g/mol. The third-order valence-corrected chi connectivity index (χ3v) is 6.18. The van der Waals surface area contributed by atoms with Gasteiger partial charge < -0.3 is 19.9 Å². The Morgan fingerprint density at radius 3 is 2.09 bits per heavy atom. The maximum absolute atomic E-state index is 10.7. The van der Waals surface area contributed by atoms with E-state index < -0.39 is 5.97 Å². The Bertz CT molecular complexity index is 1260. The lowest BCUT2D eigenvalue weighted by atomic mass is 10.0. The van der Waals surface area contributed by atoms with Crippen LogP contribution in [0.25, 0.3) is 0 Å². The SMILES string of the molecule is C=C(/N=C(CC)\C(=C/C)CCC)Nc1ccc(CC(=O)O)cc1.CC(=O)OC(C)(C)C.CCCOc1ncc(C)c(C)c1C. The molecule has 1 aromatic heterocycles. The van der Waals surface area contributed by atoms with Crippen molar-refractivity contribution in [2.75, 3.05) is 11.9 Å². The molecule has 0 radical (unpaired) electrons. The number of allylic oxidation sites excluding steroid dienone is 2. The lowest BCUT2D eigenvalue weighted by Gasteiger charge is -2.17. The number of esters is 1. The molecule has 0 saturated carbocycles. The van der Waals surface area contributed by atoms with Crippen LogP contribution in [0.5, 0.6) is 5.88 Å². The van der Waals surface area contributed by atoms with Crippen molar-refractivity contribution < 1.29 is 24.2 Å². The van der Waals surface area contributed by atoms with Crippen molar-refractivity contribution in [1.82, 2.24) is 4.98 Å². The van der Waals surface area contributed by atoms with Gasteiger partial charge in [0.05, 0.1) is 13.0 Å². The highest BCUT2D eigenvalue weighted by molar-refractivity contribution is 6.00. The summed E-state index contributed by atoms with van der Waals surface area (Å²) in [6.07, 6.45) is 7.99. The number of nitrogens with zero attached hydrogens (tertiary/aromatic N) is 2. The molecule has 1 heterocycles. The number of carboxylic acids is 1. The summed E-state index contributed by atoms with van der Waals surface area (Å²) in [6, 6.07) is 7.27. The van der Waals surface area contributed by atoms with E-state index in [2.05, 4.69) is 69.5 Å². The number of nitrogens with one attached hydrogen (secondary N) is 1. The van der Waals surface area contributed by atoms with E-state index in [0.717, 1.165) is 60.7 Å². The molecule has 0 aliphatic heterocycles. The predicted octanol–water partition coefficient (Wildman–Crippen LogP) is 8.94. The maximum atomic E-state index is 10.7. The number of carboxylic acid groups (broad SMARTS) is 1. The van der Waals surface area contributed by atoms with Crippen LogP contribution in [-0.2, 0) is 20.7 Å². The zero-order valence-corrected chi connectivity index (χ0v) is 28.9. The van der Waals surface area contributed by atoms with Crippen molar-refractivity contribution in [2.45, 2.75) is 114 Å². The fourth-order valence-electron chi connectivity index (χ4n) is 3.92. The van der Waals surface area contributed by atoms with Gasteiger partial charge in [-0.1, -0.05) is 52.0 Å². The Labute approximate surface area is 265 Å². The van der Waals surface area contributed by atoms with Crippen molar-refractivity contribution >= 4 is 23.3 Å². The lowest BCUT2D eigenvalue weighted by molar-refractivity contribution is -0.151. The fraction of sp³-hybridized carbons (Fsp3) is 0.500. The quantitative estimate of drug-likeness (QED) is 0.183. The van der Waals surface area contributed by atoms with Crippen LogP contribution in [0.2, 0.25) is 0 Å². The second-order valence-electron chi connectivity index (χ2n) is 11.4. The number of rotatable bonds is 12. The first-order valence-electron chi connectivity index (χ1n) is 15.3. The number of carbonyl (C=O) groups is 2. The Morgan fingerprint density at radius 2 is 1.66 bits per heavy atom. The zero-order valence-electron chi connectivity index (χ0n) is 28.9. The number of pyridine rings is 1. The number of hydrogen-bond donors (Lipinski definition) is 2. The molecule has 0 aliphatic rings. The van der Waals surface area contributed by atoms with Crippen molar-refractivity contribution in [3.63, 3.8) is 0 Å². The molecule has 2 aromatic rings. The first-order valence-corrected chi connectivity index (χ1v) is 15.3. The minimum Gasteiger partial charge on any atom is -0.481 e. The minimum atomic E-state index is -0.831. The maximum Gasteiger partial charge on any atom is 0.307 e. The summed E-state index contributed by atoms with van der Waals surface area (Å²) in [6.45, 7) is 26.2. The predicted molar refractivity (Wildman–Crippen MR) is 183 cm³/mol. The Kier molecular flexibility index (Phi) is 19.0. The van der Waals surface area contributed by atoms with Gasteiger partial charge in [0, 0.05) is 30.1 Å². The van der Waals surface area contributed by atoms with Gasteiger partial charge in [-0.25, -0.2) is 9.98 Å². The van der Waals surface area contributed by atoms with E-state index >= 15 is 0 Å². The van der Waals surface area contributed by atoms with E-state index in [1.54, 1.807) is 12.1 Å². The number of benzene rings is 1. The molecular formula is C36H55N3O5. The first-order chi connectivity index (χ1) is 20.6. The van der Waals surface area contributed by atoms with Gasteiger partial charge in [-0.2, -0.15) is 0 Å². The highest BCUT2D eigenvalue weighted by Gasteiger charge is 2.12. The highest BCUT2D eigenvalue weighted by atomic mass is 16.6. The summed E-state index contributed by atoms with van der Waals surface area (Å²) < 4.78 is 10.3. The number of aliphatic imine (C=N–C) groups is 1. The van der Waals surface area contributed by atoms with Gasteiger partial charge in [-0.3, -0.25) is 9.59 Å². The lowest BCUT2D eigenvalue weighted by Crippen LogP contribution is -2.21. The third kappa shape index (κ3) is 17.2. The average Bonchev–Trinajstić information content (AvgIpc) is 2.93. The Hall–Kier alpha value is -3.94. The number of aryl methyl sites for hydroxylation is 1. The fourth-order valence-corrected chi connectivity index (χ4v) is 3.92. The summed E-state index contributed by atoms with van der Waals surface area (Å²) >= 11 is 0. The van der Waals surface area contributed by atoms with Crippen LogP contribution in [0.4, 0.5) is 5.69 Å². The largest absolute Gasteiger partial charge is 0.481 e. The van der Waals surface area contributed by atoms with Gasteiger partial charge in [0.1, 0.15) is 11.4 Å². The van der Waals surface area contributed by atoms with Gasteiger partial charge in [-0.15, -0.1) is 0 Å². The smallest absolute Gasteiger partial charge is 0.307 e. The summed E-state index contributed by atoms with van der Waals surface area (Å²) in [5, 5.41) is 11.9. The zero-order chi connectivity index (χ0) is 33.9. The number of aromatic nitrogens is 1. The van der Waals surface area contributed by atoms with Gasteiger partial charge in [-0.05, 0) is 102 Å². The van der Waals surface area contributed by atoms with Crippen LogP contribution in [-0.4, -0.2) is 39.9 Å². The van der Waals surface area contributed by atoms with Crippen LogP contribution < -0.4 is 10.1 Å². The molecule has 244 valence electrons. The molecule has 0 aliphatic carbocycles. The average molecular weight is 610 g/mol. The molecule has 8 nitrogen and oxygen atoms in total. The molecule has 2 rings (SSSR count). The second-order valence-corrected chi connectivity index (χ2v) is 11.4. The molecule has 44 heavy (non-hydrogen) atoms. The van der Waals surface area contributed by atoms with Crippen LogP contribution in [0.15, 0.2) is 59.5 Å². The van der Waals surface area contributed by atoms with Gasteiger partial charge in [0.25, 0.3) is 0 Å². The molecule has 0 amide bonds. The molecule has 0 fully saturated rings. The van der Waals surface area contributed by atoms with E-state index in [1.165, 1.54) is 23.6 Å². The number of carbonyl (C=O) groups excluding carboxylic acids is 1. The Balaban J connectivity index is 0.000000735. The van der Waals surface area contributed by atoms with Crippen molar-refractivity contribution in [1.29, 1.82) is 0 Å². The van der Waals surface area contributed by atoms with Crippen LogP contribution >= 0.6 is 0 Å². The van der Waals surface area contributed by atoms with Crippen LogP contribution in [0.3, 0.4) is 0 Å². The van der Waals surface area contributed by atoms with Gasteiger partial charge in [0.2, 0.25) is 5.88 Å². The molecule has 8 heteroatoms. The topological polar surface area (TPSA) is 110 Å². The van der Waals surface area contributed by atoms with Crippen molar-refractivity contribution in [2.24, 2.45) is 4.99 Å². The summed E-state index contributed by atoms with van der Waals surface area (Å²) in [7, 11) is 0. The number of aliphatic carboxylic acids is 1. The third-order valence-electron chi connectivity index (χ3n) is 6.18. The van der Waals surface area contributed by atoms with Gasteiger partial charge in [0.15, 0.2) is 0 Å². The second kappa shape index (κ2) is 20.9. The first kappa shape index (κ1) is 40.1. The summed E-state index contributed by atoms with van der Waals surface area (Å²) in [5.74, 6) is 0.313. The molecule has 0 unspecified atom stereocenters. The molecule has 0 atom stereocenters. The molecular weight excluding hydrogens is 554 g/mol. The minimum absolute atomic E-state index is 0.0288. The summed E-state index contributed by atoms with van der Waals surface area (Å²) in [5.41, 5.74) is 7.26. The number of hydrogen-bond acceptors (Lipinski definition) is 7. The van der Waals surface area contributed by atoms with Gasteiger partial charge >= 0.3 is 11.9 Å². The molecule has 1 aromatic carbocycles. The van der Waals surface area contributed by atoms with Crippen LogP contribution in [0.1, 0.15) is 103 Å². The van der Waals surface area contributed by atoms with Crippen molar-refractivity contribution in [3.8, 4) is 5.88 Å². The van der Waals surface area contributed by atoms with E-state index in [4.69, 9.17) is 14.6 Å². The highest BCUT2D eigenvalue weighted by Crippen LogP contribution is 2.20. The van der Waals surface area contributed by atoms with Crippen LogP contribution in [0, 0.1) is 20.8 Å². The van der Waals surface area contributed by atoms with E-state index in [9.17, 15) is 9.59 Å². The molecule has 0 spiro atoms. The standard InChI is InChI=1S/C19H26N2O2.C11H17NO.C6H12O2/c1-5-8-16(6-2)18(7-3)21-14(4)20-17-11-9-15(10-12-17)13-19(22)23;1-5-6-13-11-10(4)9(3)8(2)7-12-11;1-5(7)8-6(2,3)4/h6,9-12,20H,4-5,7-8,13H2,1-3H3,(H,22,23);7H,5-6H2,1-4H3;1-4H3/b16-6-,21-18-;;. The molecule has 0 bridgehead atoms. The summed E-state index contributed by atoms with van der Waals surface area (Å²) in [4.78, 5) is 29.8. The van der Waals surface area contributed by atoms with E-state index in [-0.39, 0.29) is 18.0 Å². The molecule has 2 N–H and O–H groups in total. The van der Waals surface area contributed by atoms with E-state index in [0.29, 0.717) is 5.82 Å². The normalized spacial score (nSPS) is 11.3. The Morgan fingerprint density at radius 1 is 1.05 bits per heavy atom. The van der Waals surface area contributed by atoms with Crippen molar-refractivity contribution in [3.05, 3.63) is 76.8 Å². The van der Waals surface area contributed by atoms with E-state index in [1.807, 2.05) is 46.0 Å². The number of ether oxygens (including phenoxy) is 2.